The predicted octanol–water partition coefficient (Wildman–Crippen LogP) is 2.59. The van der Waals surface area contributed by atoms with Crippen molar-refractivity contribution in [3.63, 3.8) is 0 Å². The number of hydrogen-bond acceptors (Lipinski definition) is 4. The lowest BCUT2D eigenvalue weighted by atomic mass is 10.2. The lowest BCUT2D eigenvalue weighted by Gasteiger charge is -2.34. The normalized spacial score (nSPS) is 15.6. The Bertz CT molecular complexity index is 745. The fraction of sp³-hybridized carbons (Fsp3) is 0.350. The first-order chi connectivity index (χ1) is 12.6. The molecule has 1 N–H and O–H groups in total. The first-order valence-corrected chi connectivity index (χ1v) is 8.75. The third kappa shape index (κ3) is 5.28. The van der Waals surface area contributed by atoms with Crippen molar-refractivity contribution in [2.24, 2.45) is 0 Å². The fourth-order valence-electron chi connectivity index (χ4n) is 3.10. The first-order valence-electron chi connectivity index (χ1n) is 8.75. The van der Waals surface area contributed by atoms with Crippen molar-refractivity contribution in [3.8, 4) is 5.75 Å². The summed E-state index contributed by atoms with van der Waals surface area (Å²) >= 11 is 0. The minimum atomic E-state index is -0.199. The summed E-state index contributed by atoms with van der Waals surface area (Å²) in [6, 6.07) is 14.1. The molecule has 5 nitrogen and oxygen atoms in total. The minimum Gasteiger partial charge on any atom is -0.497 e. The molecule has 0 radical (unpaired) electrons. The number of halogens is 1. The van der Waals surface area contributed by atoms with Crippen LogP contribution in [0.5, 0.6) is 5.75 Å². The van der Waals surface area contributed by atoms with Gasteiger partial charge in [-0.3, -0.25) is 14.6 Å². The molecule has 0 saturated carbocycles. The van der Waals surface area contributed by atoms with E-state index in [9.17, 15) is 9.18 Å². The molecule has 0 spiro atoms. The van der Waals surface area contributed by atoms with Crippen LogP contribution in [-0.2, 0) is 11.3 Å². The zero-order valence-electron chi connectivity index (χ0n) is 15.0. The number of hydrogen-bond donors (Lipinski definition) is 1. The zero-order chi connectivity index (χ0) is 18.4. The van der Waals surface area contributed by atoms with E-state index in [1.807, 2.05) is 24.3 Å². The number of nitrogens with one attached hydrogen (secondary N) is 1. The molecule has 138 valence electrons. The van der Waals surface area contributed by atoms with Crippen LogP contribution in [0.4, 0.5) is 10.1 Å². The average Bonchev–Trinajstić information content (AvgIpc) is 2.63. The molecule has 26 heavy (non-hydrogen) atoms. The topological polar surface area (TPSA) is 44.8 Å². The number of carbonyl (C=O) groups is 1. The molecule has 1 aliphatic heterocycles. The number of anilines is 1. The summed E-state index contributed by atoms with van der Waals surface area (Å²) in [6.07, 6.45) is 0. The van der Waals surface area contributed by atoms with E-state index in [4.69, 9.17) is 4.74 Å². The van der Waals surface area contributed by atoms with Crippen LogP contribution in [0.2, 0.25) is 0 Å². The number of amides is 1. The van der Waals surface area contributed by atoms with Crippen molar-refractivity contribution in [3.05, 3.63) is 59.9 Å². The van der Waals surface area contributed by atoms with Crippen LogP contribution >= 0.6 is 0 Å². The Labute approximate surface area is 153 Å². The van der Waals surface area contributed by atoms with Crippen molar-refractivity contribution < 1.29 is 13.9 Å². The van der Waals surface area contributed by atoms with E-state index >= 15 is 0 Å². The summed E-state index contributed by atoms with van der Waals surface area (Å²) in [5.74, 6) is 0.487. The molecule has 2 aromatic rings. The van der Waals surface area contributed by atoms with Crippen LogP contribution in [-0.4, -0.2) is 55.5 Å². The van der Waals surface area contributed by atoms with E-state index < -0.39 is 0 Å². The molecule has 1 fully saturated rings. The summed E-state index contributed by atoms with van der Waals surface area (Å²) in [6.45, 7) is 4.47. The minimum absolute atomic E-state index is 0.0307. The van der Waals surface area contributed by atoms with E-state index in [0.717, 1.165) is 44.0 Å². The van der Waals surface area contributed by atoms with E-state index in [0.29, 0.717) is 12.3 Å². The smallest absolute Gasteiger partial charge is 0.238 e. The third-order valence-corrected chi connectivity index (χ3v) is 4.48. The summed E-state index contributed by atoms with van der Waals surface area (Å²) in [7, 11) is 1.60. The quantitative estimate of drug-likeness (QED) is 0.863. The number of methoxy groups -OCH3 is 1. The number of rotatable bonds is 6. The molecule has 3 rings (SSSR count). The van der Waals surface area contributed by atoms with Crippen LogP contribution in [0, 0.1) is 5.82 Å². The number of ether oxygens (including phenoxy) is 1. The van der Waals surface area contributed by atoms with Gasteiger partial charge >= 0.3 is 0 Å². The monoisotopic (exact) mass is 357 g/mol. The highest BCUT2D eigenvalue weighted by Gasteiger charge is 2.19. The number of nitrogens with zero attached hydrogens (tertiary/aromatic N) is 2. The Balaban J connectivity index is 1.44. The van der Waals surface area contributed by atoms with Gasteiger partial charge in [0, 0.05) is 44.5 Å². The van der Waals surface area contributed by atoms with Crippen molar-refractivity contribution >= 4 is 11.6 Å². The summed E-state index contributed by atoms with van der Waals surface area (Å²) in [5, 5.41) is 2.91. The number of carbonyl (C=O) groups excluding carboxylic acids is 1. The maximum Gasteiger partial charge on any atom is 0.238 e. The maximum absolute atomic E-state index is 13.3. The molecule has 0 atom stereocenters. The zero-order valence-corrected chi connectivity index (χ0v) is 15.0. The van der Waals surface area contributed by atoms with Gasteiger partial charge in [-0.05, 0) is 29.8 Å². The van der Waals surface area contributed by atoms with Gasteiger partial charge in [0.1, 0.15) is 11.6 Å². The second kappa shape index (κ2) is 8.78. The second-order valence-corrected chi connectivity index (χ2v) is 6.46. The Morgan fingerprint density at radius 2 is 1.81 bits per heavy atom. The first kappa shape index (κ1) is 18.4. The largest absolute Gasteiger partial charge is 0.497 e. The highest BCUT2D eigenvalue weighted by atomic mass is 19.1. The highest BCUT2D eigenvalue weighted by Crippen LogP contribution is 2.17. The van der Waals surface area contributed by atoms with Gasteiger partial charge in [0.15, 0.2) is 0 Å². The molecule has 1 aliphatic rings. The van der Waals surface area contributed by atoms with Gasteiger partial charge in [0.25, 0.3) is 0 Å². The molecule has 6 heteroatoms. The van der Waals surface area contributed by atoms with Crippen LogP contribution in [0.15, 0.2) is 48.5 Å². The molecule has 2 aromatic carbocycles. The number of benzene rings is 2. The Kier molecular flexibility index (Phi) is 6.20. The van der Waals surface area contributed by atoms with E-state index in [1.165, 1.54) is 6.07 Å². The molecule has 0 aromatic heterocycles. The molecular formula is C20H24FN3O2. The summed E-state index contributed by atoms with van der Waals surface area (Å²) < 4.78 is 18.4. The Morgan fingerprint density at radius 1 is 1.08 bits per heavy atom. The predicted molar refractivity (Wildman–Crippen MR) is 99.7 cm³/mol. The van der Waals surface area contributed by atoms with Crippen molar-refractivity contribution in [2.75, 3.05) is 45.2 Å². The van der Waals surface area contributed by atoms with E-state index in [2.05, 4.69) is 15.1 Å². The van der Waals surface area contributed by atoms with Gasteiger partial charge < -0.3 is 10.1 Å². The van der Waals surface area contributed by atoms with Gasteiger partial charge in [-0.25, -0.2) is 4.39 Å². The SMILES string of the molecule is COc1cccc(NC(=O)CN2CCN(Cc3cccc(F)c3)CC2)c1. The van der Waals surface area contributed by atoms with Crippen LogP contribution < -0.4 is 10.1 Å². The summed E-state index contributed by atoms with van der Waals surface area (Å²) in [5.41, 5.74) is 1.72. The fourth-order valence-corrected chi connectivity index (χ4v) is 3.10. The Morgan fingerprint density at radius 3 is 2.54 bits per heavy atom. The van der Waals surface area contributed by atoms with Gasteiger partial charge in [0.2, 0.25) is 5.91 Å². The lowest BCUT2D eigenvalue weighted by molar-refractivity contribution is -0.117. The standard InChI is InChI=1S/C20H24FN3O2/c1-26-19-7-3-6-18(13-19)22-20(25)15-24-10-8-23(9-11-24)14-16-4-2-5-17(21)12-16/h2-7,12-13H,8-11,14-15H2,1H3,(H,22,25). The Hall–Kier alpha value is -2.44. The van der Waals surface area contributed by atoms with E-state index in [1.54, 1.807) is 25.3 Å². The highest BCUT2D eigenvalue weighted by molar-refractivity contribution is 5.92. The van der Waals surface area contributed by atoms with Gasteiger partial charge in [-0.15, -0.1) is 0 Å². The van der Waals surface area contributed by atoms with Gasteiger partial charge in [-0.1, -0.05) is 18.2 Å². The molecule has 1 heterocycles. The van der Waals surface area contributed by atoms with Crippen LogP contribution in [0.3, 0.4) is 0 Å². The molecule has 0 unspecified atom stereocenters. The van der Waals surface area contributed by atoms with Crippen LogP contribution in [0.25, 0.3) is 0 Å². The van der Waals surface area contributed by atoms with Gasteiger partial charge in [-0.2, -0.15) is 0 Å². The van der Waals surface area contributed by atoms with Crippen molar-refractivity contribution in [1.82, 2.24) is 9.80 Å². The second-order valence-electron chi connectivity index (χ2n) is 6.46. The maximum atomic E-state index is 13.3. The van der Waals surface area contributed by atoms with Gasteiger partial charge in [0.05, 0.1) is 13.7 Å². The van der Waals surface area contributed by atoms with Crippen molar-refractivity contribution in [2.45, 2.75) is 6.54 Å². The lowest BCUT2D eigenvalue weighted by Crippen LogP contribution is -2.48. The average molecular weight is 357 g/mol. The number of piperazine rings is 1. The molecule has 0 aliphatic carbocycles. The molecule has 1 saturated heterocycles. The molecule has 0 bridgehead atoms. The third-order valence-electron chi connectivity index (χ3n) is 4.48. The van der Waals surface area contributed by atoms with Crippen LogP contribution in [0.1, 0.15) is 5.56 Å². The molecule has 1 amide bonds. The van der Waals surface area contributed by atoms with E-state index in [-0.39, 0.29) is 11.7 Å². The molecular weight excluding hydrogens is 333 g/mol. The van der Waals surface area contributed by atoms with Crippen molar-refractivity contribution in [1.29, 1.82) is 0 Å². The summed E-state index contributed by atoms with van der Waals surface area (Å²) in [4.78, 5) is 16.7.